The van der Waals surface area contributed by atoms with Gasteiger partial charge in [0.15, 0.2) is 0 Å². The Morgan fingerprint density at radius 3 is 1.89 bits per heavy atom. The number of piperidine rings is 1. The smallest absolute Gasteiger partial charge is 0.225 e. The maximum absolute atomic E-state index is 12.8. The van der Waals surface area contributed by atoms with Gasteiger partial charge in [0.1, 0.15) is 0 Å². The van der Waals surface area contributed by atoms with Crippen molar-refractivity contribution in [3.05, 3.63) is 71.8 Å². The van der Waals surface area contributed by atoms with Crippen LogP contribution in [0, 0.1) is 11.8 Å². The number of benzene rings is 2. The minimum atomic E-state index is -0.0107. The van der Waals surface area contributed by atoms with Crippen molar-refractivity contribution in [3.63, 3.8) is 0 Å². The van der Waals surface area contributed by atoms with Gasteiger partial charge in [-0.25, -0.2) is 0 Å². The number of amides is 2. The fourth-order valence-electron chi connectivity index (χ4n) is 3.87. The van der Waals surface area contributed by atoms with Crippen LogP contribution >= 0.6 is 0 Å². The third-order valence-corrected chi connectivity index (χ3v) is 5.56. The van der Waals surface area contributed by atoms with E-state index in [9.17, 15) is 9.59 Å². The molecule has 2 amide bonds. The Balaban J connectivity index is 1.60. The minimum Gasteiger partial charge on any atom is -0.355 e. The van der Waals surface area contributed by atoms with Gasteiger partial charge in [0, 0.05) is 37.4 Å². The molecule has 4 nitrogen and oxygen atoms in total. The normalized spacial score (nSPS) is 15.1. The molecule has 1 aliphatic heterocycles. The Labute approximate surface area is 167 Å². The SMILES string of the molecule is CC(C)C(=O)N1CCC(C(=O)NCC(c2ccccc2)c2ccccc2)CC1. The number of hydrogen-bond donors (Lipinski definition) is 1. The summed E-state index contributed by atoms with van der Waals surface area (Å²) in [4.78, 5) is 26.8. The van der Waals surface area contributed by atoms with Crippen LogP contribution in [0.5, 0.6) is 0 Å². The van der Waals surface area contributed by atoms with Crippen molar-refractivity contribution in [2.45, 2.75) is 32.6 Å². The molecule has 28 heavy (non-hydrogen) atoms. The largest absolute Gasteiger partial charge is 0.355 e. The Kier molecular flexibility index (Phi) is 6.85. The highest BCUT2D eigenvalue weighted by Gasteiger charge is 2.28. The van der Waals surface area contributed by atoms with E-state index in [1.807, 2.05) is 55.1 Å². The number of nitrogens with zero attached hydrogens (tertiary/aromatic N) is 1. The van der Waals surface area contributed by atoms with E-state index in [0.29, 0.717) is 19.6 Å². The summed E-state index contributed by atoms with van der Waals surface area (Å²) in [5.74, 6) is 0.431. The second-order valence-electron chi connectivity index (χ2n) is 7.87. The van der Waals surface area contributed by atoms with Crippen molar-refractivity contribution in [1.29, 1.82) is 0 Å². The molecule has 1 aliphatic rings. The molecule has 0 bridgehead atoms. The number of hydrogen-bond acceptors (Lipinski definition) is 2. The molecule has 0 aliphatic carbocycles. The lowest BCUT2D eigenvalue weighted by atomic mass is 9.90. The summed E-state index contributed by atoms with van der Waals surface area (Å²) in [5.41, 5.74) is 2.40. The highest BCUT2D eigenvalue weighted by atomic mass is 16.2. The van der Waals surface area contributed by atoms with Gasteiger partial charge in [0.05, 0.1) is 0 Å². The van der Waals surface area contributed by atoms with Gasteiger partial charge < -0.3 is 10.2 Å². The van der Waals surface area contributed by atoms with Crippen molar-refractivity contribution in [2.75, 3.05) is 19.6 Å². The molecule has 2 aromatic rings. The fourth-order valence-corrected chi connectivity index (χ4v) is 3.87. The molecule has 0 aromatic heterocycles. The summed E-state index contributed by atoms with van der Waals surface area (Å²) < 4.78 is 0. The van der Waals surface area contributed by atoms with Gasteiger partial charge in [0.2, 0.25) is 11.8 Å². The molecule has 148 valence electrons. The van der Waals surface area contributed by atoms with Crippen LogP contribution in [0.4, 0.5) is 0 Å². The van der Waals surface area contributed by atoms with Gasteiger partial charge in [-0.1, -0.05) is 74.5 Å². The topological polar surface area (TPSA) is 49.4 Å². The van der Waals surface area contributed by atoms with Gasteiger partial charge in [-0.2, -0.15) is 0 Å². The van der Waals surface area contributed by atoms with Crippen LogP contribution in [0.1, 0.15) is 43.7 Å². The van der Waals surface area contributed by atoms with E-state index in [1.54, 1.807) is 0 Å². The average molecular weight is 379 g/mol. The summed E-state index contributed by atoms with van der Waals surface area (Å²) in [6.07, 6.45) is 1.48. The summed E-state index contributed by atoms with van der Waals surface area (Å²) in [6.45, 7) is 5.78. The molecule has 0 unspecified atom stereocenters. The molecule has 1 heterocycles. The lowest BCUT2D eigenvalue weighted by molar-refractivity contribution is -0.138. The lowest BCUT2D eigenvalue weighted by Gasteiger charge is -2.32. The maximum atomic E-state index is 12.8. The standard InChI is InChI=1S/C24H30N2O2/c1-18(2)24(28)26-15-13-21(14-16-26)23(27)25-17-22(19-9-5-3-6-10-19)20-11-7-4-8-12-20/h3-12,18,21-22H,13-17H2,1-2H3,(H,25,27). The molecule has 3 rings (SSSR count). The zero-order chi connectivity index (χ0) is 19.9. The molecule has 0 atom stereocenters. The van der Waals surface area contributed by atoms with Gasteiger partial charge in [-0.15, -0.1) is 0 Å². The molecule has 1 N–H and O–H groups in total. The predicted molar refractivity (Wildman–Crippen MR) is 112 cm³/mol. The van der Waals surface area contributed by atoms with Crippen LogP contribution in [0.2, 0.25) is 0 Å². The first-order valence-electron chi connectivity index (χ1n) is 10.2. The Hall–Kier alpha value is -2.62. The van der Waals surface area contributed by atoms with Crippen molar-refractivity contribution < 1.29 is 9.59 Å². The van der Waals surface area contributed by atoms with Gasteiger partial charge >= 0.3 is 0 Å². The lowest BCUT2D eigenvalue weighted by Crippen LogP contribution is -2.44. The van der Waals surface area contributed by atoms with E-state index < -0.39 is 0 Å². The number of rotatable bonds is 6. The molecule has 0 radical (unpaired) electrons. The highest BCUT2D eigenvalue weighted by molar-refractivity contribution is 5.80. The predicted octanol–water partition coefficient (Wildman–Crippen LogP) is 3.83. The van der Waals surface area contributed by atoms with Gasteiger partial charge in [-0.3, -0.25) is 9.59 Å². The summed E-state index contributed by atoms with van der Waals surface area (Å²) in [6, 6.07) is 20.6. The maximum Gasteiger partial charge on any atom is 0.225 e. The third-order valence-electron chi connectivity index (χ3n) is 5.56. The van der Waals surface area contributed by atoms with Crippen molar-refractivity contribution in [1.82, 2.24) is 10.2 Å². The first kappa shape index (κ1) is 20.1. The fraction of sp³-hybridized carbons (Fsp3) is 0.417. The summed E-state index contributed by atoms with van der Waals surface area (Å²) >= 11 is 0. The van der Waals surface area contributed by atoms with E-state index in [2.05, 4.69) is 29.6 Å². The Morgan fingerprint density at radius 2 is 1.43 bits per heavy atom. The van der Waals surface area contributed by atoms with E-state index >= 15 is 0 Å². The number of likely N-dealkylation sites (tertiary alicyclic amines) is 1. The first-order valence-corrected chi connectivity index (χ1v) is 10.2. The molecular formula is C24H30N2O2. The summed E-state index contributed by atoms with van der Waals surface area (Å²) in [5, 5.41) is 3.17. The van der Waals surface area contributed by atoms with E-state index in [1.165, 1.54) is 11.1 Å². The first-order chi connectivity index (χ1) is 13.6. The number of carbonyl (C=O) groups is 2. The second kappa shape index (κ2) is 9.54. The molecule has 1 saturated heterocycles. The van der Waals surface area contributed by atoms with Crippen LogP contribution in [0.15, 0.2) is 60.7 Å². The minimum absolute atomic E-state index is 0.0107. The molecule has 4 heteroatoms. The Bertz CT molecular complexity index is 726. The van der Waals surface area contributed by atoms with Crippen LogP contribution in [0.3, 0.4) is 0 Å². The van der Waals surface area contributed by atoms with Crippen LogP contribution in [-0.4, -0.2) is 36.3 Å². The summed E-state index contributed by atoms with van der Waals surface area (Å²) in [7, 11) is 0. The molecular weight excluding hydrogens is 348 g/mol. The molecule has 0 saturated carbocycles. The van der Waals surface area contributed by atoms with Crippen LogP contribution in [0.25, 0.3) is 0 Å². The third kappa shape index (κ3) is 5.00. The quantitative estimate of drug-likeness (QED) is 0.830. The average Bonchev–Trinajstić information content (AvgIpc) is 2.75. The van der Waals surface area contributed by atoms with E-state index in [0.717, 1.165) is 12.8 Å². The zero-order valence-corrected chi connectivity index (χ0v) is 16.8. The molecule has 0 spiro atoms. The van der Waals surface area contributed by atoms with Crippen LogP contribution in [-0.2, 0) is 9.59 Å². The zero-order valence-electron chi connectivity index (χ0n) is 16.8. The van der Waals surface area contributed by atoms with Gasteiger partial charge in [-0.05, 0) is 24.0 Å². The highest BCUT2D eigenvalue weighted by Crippen LogP contribution is 2.24. The van der Waals surface area contributed by atoms with Crippen molar-refractivity contribution in [2.24, 2.45) is 11.8 Å². The molecule has 2 aromatic carbocycles. The Morgan fingerprint density at radius 1 is 0.929 bits per heavy atom. The van der Waals surface area contributed by atoms with E-state index in [4.69, 9.17) is 0 Å². The van der Waals surface area contributed by atoms with E-state index in [-0.39, 0.29) is 29.6 Å². The monoisotopic (exact) mass is 378 g/mol. The second-order valence-corrected chi connectivity index (χ2v) is 7.87. The van der Waals surface area contributed by atoms with Crippen LogP contribution < -0.4 is 5.32 Å². The van der Waals surface area contributed by atoms with Crippen molar-refractivity contribution >= 4 is 11.8 Å². The van der Waals surface area contributed by atoms with Crippen molar-refractivity contribution in [3.8, 4) is 0 Å². The molecule has 1 fully saturated rings. The number of carbonyl (C=O) groups excluding carboxylic acids is 2. The number of nitrogens with one attached hydrogen (secondary N) is 1. The van der Waals surface area contributed by atoms with Gasteiger partial charge in [0.25, 0.3) is 0 Å².